The summed E-state index contributed by atoms with van der Waals surface area (Å²) >= 11 is 0.808. The van der Waals surface area contributed by atoms with Crippen LogP contribution in [0, 0.1) is 10.1 Å². The summed E-state index contributed by atoms with van der Waals surface area (Å²) in [5.41, 5.74) is 0.168. The molecular formula is C7H4FNO4S. The lowest BCUT2D eigenvalue weighted by Crippen LogP contribution is -1.93. The molecule has 7 heteroatoms. The number of halogens is 1. The van der Waals surface area contributed by atoms with E-state index < -0.39 is 16.7 Å². The lowest BCUT2D eigenvalue weighted by molar-refractivity contribution is -0.380. The highest BCUT2D eigenvalue weighted by Crippen LogP contribution is 2.24. The monoisotopic (exact) mass is 217 g/mol. The van der Waals surface area contributed by atoms with E-state index in [9.17, 15) is 19.3 Å². The number of nitro groups is 1. The molecule has 0 aliphatic heterocycles. The molecule has 0 saturated heterocycles. The third kappa shape index (κ3) is 2.36. The maximum absolute atomic E-state index is 12.5. The first kappa shape index (κ1) is 10.3. The Morgan fingerprint density at radius 3 is 2.79 bits per heavy atom. The molecule has 0 atom stereocenters. The first-order valence-corrected chi connectivity index (χ1v) is 4.22. The van der Waals surface area contributed by atoms with Crippen molar-refractivity contribution in [1.29, 1.82) is 0 Å². The van der Waals surface area contributed by atoms with E-state index >= 15 is 0 Å². The number of hydrogen-bond acceptors (Lipinski definition) is 4. The van der Waals surface area contributed by atoms with Gasteiger partial charge in [0.25, 0.3) is 0 Å². The van der Waals surface area contributed by atoms with Gasteiger partial charge >= 0.3 is 11.0 Å². The van der Waals surface area contributed by atoms with Crippen molar-refractivity contribution in [3.8, 4) is 0 Å². The van der Waals surface area contributed by atoms with Crippen molar-refractivity contribution in [2.45, 2.75) is 0 Å². The molecule has 0 aliphatic carbocycles. The summed E-state index contributed by atoms with van der Waals surface area (Å²) in [6.07, 6.45) is 0.728. The molecule has 5 nitrogen and oxygen atoms in total. The summed E-state index contributed by atoms with van der Waals surface area (Å²) in [7, 11) is 0. The number of hydrogen-bond donors (Lipinski definition) is 1. The fourth-order valence-corrected chi connectivity index (χ4v) is 1.40. The van der Waals surface area contributed by atoms with Crippen molar-refractivity contribution in [2.24, 2.45) is 0 Å². The smallest absolute Gasteiger partial charge is 0.364 e. The minimum atomic E-state index is -1.70. The number of thiophene rings is 1. The Balaban J connectivity index is 2.93. The summed E-state index contributed by atoms with van der Waals surface area (Å²) in [6.45, 7) is 0. The molecular weight excluding hydrogens is 213 g/mol. The second-order valence-corrected chi connectivity index (χ2v) is 3.16. The van der Waals surface area contributed by atoms with E-state index in [0.717, 1.165) is 23.5 Å². The summed E-state index contributed by atoms with van der Waals surface area (Å²) < 4.78 is 12.5. The first-order chi connectivity index (χ1) is 6.50. The minimum absolute atomic E-state index is 0.158. The van der Waals surface area contributed by atoms with Gasteiger partial charge in [0.1, 0.15) is 0 Å². The predicted octanol–water partition coefficient (Wildman–Crippen LogP) is 2.05. The lowest BCUT2D eigenvalue weighted by atomic mass is 10.3. The van der Waals surface area contributed by atoms with Gasteiger partial charge in [-0.3, -0.25) is 10.1 Å². The Bertz CT molecular complexity index is 412. The number of carboxylic acids is 1. The quantitative estimate of drug-likeness (QED) is 0.477. The fourth-order valence-electron chi connectivity index (χ4n) is 0.719. The van der Waals surface area contributed by atoms with E-state index in [-0.39, 0.29) is 10.6 Å². The van der Waals surface area contributed by atoms with Gasteiger partial charge in [0, 0.05) is 11.4 Å². The molecule has 1 rings (SSSR count). The van der Waals surface area contributed by atoms with E-state index in [1.54, 1.807) is 0 Å². The molecule has 0 saturated carbocycles. The van der Waals surface area contributed by atoms with Gasteiger partial charge in [0.05, 0.1) is 4.92 Å². The molecule has 14 heavy (non-hydrogen) atoms. The Morgan fingerprint density at radius 2 is 2.36 bits per heavy atom. The third-order valence-electron chi connectivity index (χ3n) is 1.28. The molecule has 1 aromatic rings. The largest absolute Gasteiger partial charge is 0.476 e. The average Bonchev–Trinajstić information content (AvgIpc) is 2.52. The standard InChI is InChI=1S/C7H4FNO4S/c8-5(7(10)11)1-4-2-6(9(12)13)14-3-4/h1-3H,(H,10,11). The highest BCUT2D eigenvalue weighted by Gasteiger charge is 2.11. The molecule has 1 heterocycles. The number of carbonyl (C=O) groups is 1. The van der Waals surface area contributed by atoms with Crippen LogP contribution >= 0.6 is 11.3 Å². The van der Waals surface area contributed by atoms with E-state index in [1.165, 1.54) is 5.38 Å². The zero-order valence-electron chi connectivity index (χ0n) is 6.64. The first-order valence-electron chi connectivity index (χ1n) is 3.34. The van der Waals surface area contributed by atoms with Gasteiger partial charge in [-0.15, -0.1) is 0 Å². The predicted molar refractivity (Wildman–Crippen MR) is 47.7 cm³/mol. The zero-order chi connectivity index (χ0) is 10.7. The topological polar surface area (TPSA) is 80.4 Å². The van der Waals surface area contributed by atoms with Gasteiger partial charge < -0.3 is 5.11 Å². The van der Waals surface area contributed by atoms with Crippen LogP contribution in [0.25, 0.3) is 6.08 Å². The third-order valence-corrected chi connectivity index (χ3v) is 2.18. The molecule has 0 bridgehead atoms. The molecule has 0 spiro atoms. The maximum atomic E-state index is 12.5. The van der Waals surface area contributed by atoms with Crippen molar-refractivity contribution in [2.75, 3.05) is 0 Å². The van der Waals surface area contributed by atoms with Crippen LogP contribution in [-0.4, -0.2) is 16.0 Å². The highest BCUT2D eigenvalue weighted by atomic mass is 32.1. The van der Waals surface area contributed by atoms with Gasteiger partial charge in [-0.05, 0) is 11.6 Å². The van der Waals surface area contributed by atoms with Crippen LogP contribution in [0.3, 0.4) is 0 Å². The second-order valence-electron chi connectivity index (χ2n) is 2.27. The lowest BCUT2D eigenvalue weighted by Gasteiger charge is -1.85. The molecule has 0 fully saturated rings. The van der Waals surface area contributed by atoms with E-state index in [1.807, 2.05) is 0 Å². The summed E-state index contributed by atoms with van der Waals surface area (Å²) in [4.78, 5) is 19.7. The van der Waals surface area contributed by atoms with Crippen LogP contribution in [0.15, 0.2) is 17.3 Å². The van der Waals surface area contributed by atoms with Crippen LogP contribution in [-0.2, 0) is 4.79 Å². The van der Waals surface area contributed by atoms with E-state index in [0.29, 0.717) is 0 Å². The molecule has 0 aliphatic rings. The number of aliphatic carboxylic acids is 1. The van der Waals surface area contributed by atoms with E-state index in [2.05, 4.69) is 0 Å². The van der Waals surface area contributed by atoms with Gasteiger partial charge in [0.15, 0.2) is 0 Å². The number of carboxylic acid groups (broad SMARTS) is 1. The zero-order valence-corrected chi connectivity index (χ0v) is 7.45. The minimum Gasteiger partial charge on any atom is -0.476 e. The summed E-state index contributed by atoms with van der Waals surface area (Å²) in [5, 5.41) is 19.6. The van der Waals surface area contributed by atoms with Crippen LogP contribution in [0.2, 0.25) is 0 Å². The van der Waals surface area contributed by atoms with E-state index in [4.69, 9.17) is 5.11 Å². The van der Waals surface area contributed by atoms with Gasteiger partial charge in [-0.25, -0.2) is 4.79 Å². The Kier molecular flexibility index (Phi) is 2.92. The number of rotatable bonds is 3. The Labute approximate surface area is 81.3 Å². The normalized spacial score (nSPS) is 11.4. The van der Waals surface area contributed by atoms with Crippen molar-refractivity contribution in [3.63, 3.8) is 0 Å². The second kappa shape index (κ2) is 3.97. The molecule has 0 aromatic carbocycles. The Hall–Kier alpha value is -1.76. The fraction of sp³-hybridized carbons (Fsp3) is 0. The van der Waals surface area contributed by atoms with Crippen molar-refractivity contribution in [1.82, 2.24) is 0 Å². The van der Waals surface area contributed by atoms with Gasteiger partial charge in [-0.1, -0.05) is 11.3 Å². The maximum Gasteiger partial charge on any atom is 0.364 e. The molecule has 1 aromatic heterocycles. The SMILES string of the molecule is O=C(O)C(F)=Cc1csc([N+](=O)[O-])c1. The van der Waals surface area contributed by atoms with Crippen molar-refractivity contribution < 1.29 is 19.2 Å². The van der Waals surface area contributed by atoms with Crippen LogP contribution in [0.5, 0.6) is 0 Å². The van der Waals surface area contributed by atoms with Crippen LogP contribution in [0.4, 0.5) is 9.39 Å². The van der Waals surface area contributed by atoms with Crippen molar-refractivity contribution in [3.05, 3.63) is 33.0 Å². The average molecular weight is 217 g/mol. The van der Waals surface area contributed by atoms with Crippen molar-refractivity contribution >= 4 is 28.4 Å². The summed E-state index contributed by atoms with van der Waals surface area (Å²) in [5.74, 6) is -3.04. The number of nitrogens with zero attached hydrogens (tertiary/aromatic N) is 1. The molecule has 0 radical (unpaired) electrons. The molecule has 74 valence electrons. The van der Waals surface area contributed by atoms with Gasteiger partial charge in [0.2, 0.25) is 5.83 Å². The molecule has 0 amide bonds. The molecule has 0 unspecified atom stereocenters. The van der Waals surface area contributed by atoms with Crippen LogP contribution < -0.4 is 0 Å². The van der Waals surface area contributed by atoms with Crippen LogP contribution in [0.1, 0.15) is 5.56 Å². The Morgan fingerprint density at radius 1 is 1.71 bits per heavy atom. The summed E-state index contributed by atoms with van der Waals surface area (Å²) in [6, 6.07) is 1.10. The molecule has 1 N–H and O–H groups in total. The highest BCUT2D eigenvalue weighted by molar-refractivity contribution is 7.13. The van der Waals surface area contributed by atoms with Gasteiger partial charge in [-0.2, -0.15) is 4.39 Å².